The first-order valence-electron chi connectivity index (χ1n) is 3.03. The fourth-order valence-corrected chi connectivity index (χ4v) is 0.691. The summed E-state index contributed by atoms with van der Waals surface area (Å²) in [5, 5.41) is 23.0. The van der Waals surface area contributed by atoms with Crippen molar-refractivity contribution >= 4 is 0 Å². The third-order valence-corrected chi connectivity index (χ3v) is 1.20. The number of aliphatic hydroxyl groups excluding tert-OH is 1. The van der Waals surface area contributed by atoms with Gasteiger partial charge in [0, 0.05) is 11.8 Å². The zero-order chi connectivity index (χ0) is 8.43. The van der Waals surface area contributed by atoms with Crippen molar-refractivity contribution in [3.8, 4) is 0 Å². The highest BCUT2D eigenvalue weighted by atomic mass is 16.5. The molecule has 0 radical (unpaired) electrons. The molecule has 11 heavy (non-hydrogen) atoms. The normalized spacial score (nSPS) is 10.5. The maximum Gasteiger partial charge on any atom is 0.208 e. The maximum absolute atomic E-state index is 10.9. The first-order valence-corrected chi connectivity index (χ1v) is 3.03. The summed E-state index contributed by atoms with van der Waals surface area (Å²) in [7, 11) is 0. The Balaban J connectivity index is 3.21. The highest BCUT2D eigenvalue weighted by Crippen LogP contribution is 1.97. The van der Waals surface area contributed by atoms with Gasteiger partial charge in [0.2, 0.25) is 11.7 Å². The lowest BCUT2D eigenvalue weighted by Gasteiger charge is -1.99. The number of nitrogens with zero attached hydrogens (tertiary/aromatic N) is 1. The predicted octanol–water partition coefficient (Wildman–Crippen LogP) is -0.938. The van der Waals surface area contributed by atoms with Crippen LogP contribution < -0.4 is 5.43 Å². The minimum Gasteiger partial charge on any atom is -0.363 e. The SMILES string of the molecule is Cc1cc(=O)c(C(O)O)n[nH]1. The third-order valence-electron chi connectivity index (χ3n) is 1.20. The van der Waals surface area contributed by atoms with E-state index < -0.39 is 11.7 Å². The van der Waals surface area contributed by atoms with Crippen LogP contribution in [0.4, 0.5) is 0 Å². The van der Waals surface area contributed by atoms with Gasteiger partial charge in [0.05, 0.1) is 0 Å². The number of aliphatic hydroxyl groups is 2. The lowest BCUT2D eigenvalue weighted by Crippen LogP contribution is -2.16. The Morgan fingerprint density at radius 2 is 2.27 bits per heavy atom. The van der Waals surface area contributed by atoms with Gasteiger partial charge < -0.3 is 10.2 Å². The van der Waals surface area contributed by atoms with E-state index in [0.29, 0.717) is 5.69 Å². The number of aromatic amines is 1. The molecule has 0 atom stereocenters. The quantitative estimate of drug-likeness (QED) is 0.458. The van der Waals surface area contributed by atoms with Gasteiger partial charge in [-0.3, -0.25) is 9.89 Å². The molecule has 0 spiro atoms. The van der Waals surface area contributed by atoms with Crippen molar-refractivity contribution in [3.05, 3.63) is 27.7 Å². The Labute approximate surface area is 62.3 Å². The molecule has 0 fully saturated rings. The van der Waals surface area contributed by atoms with Gasteiger partial charge in [0.15, 0.2) is 5.69 Å². The molecule has 1 heterocycles. The van der Waals surface area contributed by atoms with Gasteiger partial charge in [0.25, 0.3) is 0 Å². The Morgan fingerprint density at radius 3 is 2.73 bits per heavy atom. The molecule has 5 nitrogen and oxygen atoms in total. The van der Waals surface area contributed by atoms with E-state index in [2.05, 4.69) is 10.2 Å². The number of rotatable bonds is 1. The average molecular weight is 156 g/mol. The fraction of sp³-hybridized carbons (Fsp3) is 0.333. The molecular weight excluding hydrogens is 148 g/mol. The van der Waals surface area contributed by atoms with Crippen molar-refractivity contribution in [2.45, 2.75) is 13.2 Å². The summed E-state index contributed by atoms with van der Waals surface area (Å²) in [4.78, 5) is 10.9. The molecule has 1 aromatic rings. The van der Waals surface area contributed by atoms with E-state index in [4.69, 9.17) is 10.2 Å². The van der Waals surface area contributed by atoms with E-state index in [9.17, 15) is 4.79 Å². The zero-order valence-electron chi connectivity index (χ0n) is 5.90. The standard InChI is InChI=1S/C6H8N2O3/c1-3-2-4(9)5(6(10)11)8-7-3/h2,6,10-11H,1H3,(H,7,9). The van der Waals surface area contributed by atoms with E-state index >= 15 is 0 Å². The Hall–Kier alpha value is -1.20. The maximum atomic E-state index is 10.9. The van der Waals surface area contributed by atoms with Gasteiger partial charge in [-0.15, -0.1) is 0 Å². The summed E-state index contributed by atoms with van der Waals surface area (Å²) in [6, 6.07) is 1.25. The van der Waals surface area contributed by atoms with Gasteiger partial charge in [-0.05, 0) is 6.92 Å². The first-order chi connectivity index (χ1) is 5.11. The molecule has 0 saturated heterocycles. The Bertz CT molecular complexity index is 305. The van der Waals surface area contributed by atoms with Crippen LogP contribution in [-0.4, -0.2) is 20.4 Å². The second-order valence-corrected chi connectivity index (χ2v) is 2.17. The van der Waals surface area contributed by atoms with Crippen molar-refractivity contribution < 1.29 is 10.2 Å². The summed E-state index contributed by atoms with van der Waals surface area (Å²) in [5.41, 5.74) is -0.175. The summed E-state index contributed by atoms with van der Waals surface area (Å²) in [5.74, 6) is 0. The topological polar surface area (TPSA) is 86.2 Å². The van der Waals surface area contributed by atoms with Crippen molar-refractivity contribution in [3.63, 3.8) is 0 Å². The monoisotopic (exact) mass is 156 g/mol. The largest absolute Gasteiger partial charge is 0.363 e. The molecule has 5 heteroatoms. The van der Waals surface area contributed by atoms with Crippen LogP contribution in [0.1, 0.15) is 17.7 Å². The summed E-state index contributed by atoms with van der Waals surface area (Å²) in [6.45, 7) is 1.65. The highest BCUT2D eigenvalue weighted by Gasteiger charge is 2.08. The third kappa shape index (κ3) is 1.63. The molecule has 1 rings (SSSR count). The van der Waals surface area contributed by atoms with E-state index in [0.717, 1.165) is 0 Å². The number of hydrogen-bond acceptors (Lipinski definition) is 4. The summed E-state index contributed by atoms with van der Waals surface area (Å²) < 4.78 is 0. The number of hydrogen-bond donors (Lipinski definition) is 3. The van der Waals surface area contributed by atoms with E-state index in [-0.39, 0.29) is 5.69 Å². The summed E-state index contributed by atoms with van der Waals surface area (Å²) in [6.07, 6.45) is -1.81. The van der Waals surface area contributed by atoms with E-state index in [1.54, 1.807) is 6.92 Å². The molecule has 0 bridgehead atoms. The molecule has 1 aromatic heterocycles. The molecular formula is C6H8N2O3. The van der Waals surface area contributed by atoms with Crippen LogP contribution in [0.25, 0.3) is 0 Å². The van der Waals surface area contributed by atoms with Crippen LogP contribution >= 0.6 is 0 Å². The van der Waals surface area contributed by atoms with Crippen molar-refractivity contribution in [2.75, 3.05) is 0 Å². The molecule has 0 amide bonds. The molecule has 0 aliphatic heterocycles. The van der Waals surface area contributed by atoms with Gasteiger partial charge in [-0.2, -0.15) is 5.10 Å². The van der Waals surface area contributed by atoms with Crippen LogP contribution in [-0.2, 0) is 0 Å². The van der Waals surface area contributed by atoms with E-state index in [1.165, 1.54) is 6.07 Å². The molecule has 0 aliphatic rings. The molecule has 0 saturated carbocycles. The van der Waals surface area contributed by atoms with Gasteiger partial charge in [0.1, 0.15) is 0 Å². The van der Waals surface area contributed by atoms with Crippen molar-refractivity contribution in [1.82, 2.24) is 10.2 Å². The van der Waals surface area contributed by atoms with Crippen molar-refractivity contribution in [2.24, 2.45) is 0 Å². The smallest absolute Gasteiger partial charge is 0.208 e. The predicted molar refractivity (Wildman–Crippen MR) is 36.8 cm³/mol. The first kappa shape index (κ1) is 7.90. The average Bonchev–Trinajstić information content (AvgIpc) is 1.85. The number of aryl methyl sites for hydroxylation is 1. The number of nitrogens with one attached hydrogen (secondary N) is 1. The minimum atomic E-state index is -1.81. The van der Waals surface area contributed by atoms with Crippen LogP contribution in [0, 0.1) is 6.92 Å². The lowest BCUT2D eigenvalue weighted by molar-refractivity contribution is -0.0473. The molecule has 60 valence electrons. The minimum absolute atomic E-state index is 0.282. The highest BCUT2D eigenvalue weighted by molar-refractivity contribution is 5.06. The Morgan fingerprint density at radius 1 is 1.64 bits per heavy atom. The van der Waals surface area contributed by atoms with Crippen LogP contribution in [0.15, 0.2) is 10.9 Å². The van der Waals surface area contributed by atoms with Crippen LogP contribution in [0.3, 0.4) is 0 Å². The van der Waals surface area contributed by atoms with Crippen LogP contribution in [0.5, 0.6) is 0 Å². The zero-order valence-corrected chi connectivity index (χ0v) is 5.90. The second-order valence-electron chi connectivity index (χ2n) is 2.17. The van der Waals surface area contributed by atoms with Crippen LogP contribution in [0.2, 0.25) is 0 Å². The van der Waals surface area contributed by atoms with Crippen molar-refractivity contribution in [1.29, 1.82) is 0 Å². The Kier molecular flexibility index (Phi) is 2.02. The van der Waals surface area contributed by atoms with Gasteiger partial charge >= 0.3 is 0 Å². The van der Waals surface area contributed by atoms with E-state index in [1.807, 2.05) is 0 Å². The lowest BCUT2D eigenvalue weighted by atomic mass is 10.3. The summed E-state index contributed by atoms with van der Waals surface area (Å²) >= 11 is 0. The number of H-pyrrole nitrogens is 1. The molecule has 3 N–H and O–H groups in total. The number of aromatic nitrogens is 2. The fourth-order valence-electron chi connectivity index (χ4n) is 0.691. The van der Waals surface area contributed by atoms with Gasteiger partial charge in [-0.1, -0.05) is 0 Å². The molecule has 0 aromatic carbocycles. The van der Waals surface area contributed by atoms with Gasteiger partial charge in [-0.25, -0.2) is 0 Å². The molecule has 0 aliphatic carbocycles. The second kappa shape index (κ2) is 2.81. The molecule has 0 unspecified atom stereocenters.